The summed E-state index contributed by atoms with van der Waals surface area (Å²) >= 11 is 0. The first-order chi connectivity index (χ1) is 11.0. The third kappa shape index (κ3) is 5.20. The summed E-state index contributed by atoms with van der Waals surface area (Å²) in [5, 5.41) is 2.86. The van der Waals surface area contributed by atoms with E-state index in [4.69, 9.17) is 10.5 Å². The van der Waals surface area contributed by atoms with Gasteiger partial charge in [0, 0.05) is 5.69 Å². The Hall–Kier alpha value is -2.17. The molecule has 122 valence electrons. The summed E-state index contributed by atoms with van der Waals surface area (Å²) < 4.78 is 5.58. The molecule has 0 saturated heterocycles. The van der Waals surface area contributed by atoms with Crippen molar-refractivity contribution in [3.8, 4) is 0 Å². The van der Waals surface area contributed by atoms with Crippen molar-refractivity contribution < 1.29 is 9.53 Å². The van der Waals surface area contributed by atoms with Gasteiger partial charge in [-0.15, -0.1) is 0 Å². The topological polar surface area (TPSA) is 64.4 Å². The minimum absolute atomic E-state index is 0.170. The van der Waals surface area contributed by atoms with Gasteiger partial charge in [0.25, 0.3) is 0 Å². The van der Waals surface area contributed by atoms with Crippen molar-refractivity contribution in [2.24, 2.45) is 5.73 Å². The number of nitrogens with one attached hydrogen (secondary N) is 1. The van der Waals surface area contributed by atoms with Crippen molar-refractivity contribution in [3.63, 3.8) is 0 Å². The Labute approximate surface area is 137 Å². The molecule has 2 rings (SSSR count). The van der Waals surface area contributed by atoms with Crippen LogP contribution in [0.15, 0.2) is 48.5 Å². The summed E-state index contributed by atoms with van der Waals surface area (Å²) in [6, 6.07) is 14.6. The van der Waals surface area contributed by atoms with Crippen LogP contribution in [0, 0.1) is 6.92 Å². The Balaban J connectivity index is 2.01. The number of hydrogen-bond acceptors (Lipinski definition) is 3. The molecular formula is C19H24N2O2. The van der Waals surface area contributed by atoms with E-state index in [9.17, 15) is 4.79 Å². The normalized spacial score (nSPS) is 12.2. The van der Waals surface area contributed by atoms with E-state index in [1.165, 1.54) is 0 Å². The summed E-state index contributed by atoms with van der Waals surface area (Å²) in [6.07, 6.45) is 0.170. The van der Waals surface area contributed by atoms with Crippen molar-refractivity contribution >= 4 is 11.6 Å². The average Bonchev–Trinajstić information content (AvgIpc) is 2.53. The highest BCUT2D eigenvalue weighted by molar-refractivity contribution is 5.95. The minimum Gasteiger partial charge on any atom is -0.374 e. The van der Waals surface area contributed by atoms with Gasteiger partial charge in [-0.2, -0.15) is 0 Å². The second kappa shape index (κ2) is 7.90. The van der Waals surface area contributed by atoms with Gasteiger partial charge in [0.2, 0.25) is 5.91 Å². The van der Waals surface area contributed by atoms with Gasteiger partial charge >= 0.3 is 0 Å². The number of nitrogens with two attached hydrogens (primary N) is 1. The molecule has 2 aromatic rings. The molecule has 0 aliphatic heterocycles. The predicted octanol–water partition coefficient (Wildman–Crippen LogP) is 3.56. The molecule has 3 N–H and O–H groups in total. The number of anilines is 1. The maximum Gasteiger partial charge on any atom is 0.245 e. The molecular weight excluding hydrogens is 288 g/mol. The Kier molecular flexibility index (Phi) is 5.90. The van der Waals surface area contributed by atoms with Crippen LogP contribution in [-0.2, 0) is 16.1 Å². The molecule has 0 aliphatic carbocycles. The van der Waals surface area contributed by atoms with Gasteiger partial charge in [0.15, 0.2) is 0 Å². The van der Waals surface area contributed by atoms with Crippen LogP contribution < -0.4 is 11.1 Å². The molecule has 0 bridgehead atoms. The first-order valence-electron chi connectivity index (χ1n) is 7.79. The number of ether oxygens (including phenoxy) is 1. The fourth-order valence-electron chi connectivity index (χ4n) is 2.15. The van der Waals surface area contributed by atoms with Crippen LogP contribution in [0.1, 0.15) is 36.6 Å². The van der Waals surface area contributed by atoms with Crippen LogP contribution in [0.4, 0.5) is 5.69 Å². The van der Waals surface area contributed by atoms with Crippen LogP contribution in [0.2, 0.25) is 0 Å². The highest BCUT2D eigenvalue weighted by Crippen LogP contribution is 2.16. The lowest BCUT2D eigenvalue weighted by Crippen LogP contribution is -2.27. The first kappa shape index (κ1) is 17.2. The smallest absolute Gasteiger partial charge is 0.245 e. The fraction of sp³-hybridized carbons (Fsp3) is 0.316. The maximum atomic E-state index is 12.3. The Morgan fingerprint density at radius 2 is 1.87 bits per heavy atom. The van der Waals surface area contributed by atoms with Crippen LogP contribution in [0.5, 0.6) is 0 Å². The second-order valence-electron chi connectivity index (χ2n) is 5.94. The molecule has 0 fully saturated rings. The lowest BCUT2D eigenvalue weighted by atomic mass is 10.1. The fourth-order valence-corrected chi connectivity index (χ4v) is 2.15. The van der Waals surface area contributed by atoms with Crippen molar-refractivity contribution in [2.45, 2.75) is 39.5 Å². The molecule has 2 aromatic carbocycles. The Bertz CT molecular complexity index is 651. The van der Waals surface area contributed by atoms with Gasteiger partial charge in [-0.25, -0.2) is 0 Å². The molecule has 0 radical (unpaired) electrons. The number of amides is 1. The second-order valence-corrected chi connectivity index (χ2v) is 5.94. The standard InChI is InChI=1S/C19H24N2O2/c1-13(2)23-12-15-5-4-6-17(11-15)21-19(22)18(20)16-9-7-14(3)8-10-16/h4-11,13,18H,12,20H2,1-3H3,(H,21,22). The number of rotatable bonds is 6. The summed E-state index contributed by atoms with van der Waals surface area (Å²) in [7, 11) is 0. The van der Waals surface area contributed by atoms with Gasteiger partial charge in [0.05, 0.1) is 12.7 Å². The third-order valence-corrected chi connectivity index (χ3v) is 3.50. The van der Waals surface area contributed by atoms with Crippen molar-refractivity contribution in [3.05, 3.63) is 65.2 Å². The number of hydrogen-bond donors (Lipinski definition) is 2. The molecule has 0 aliphatic rings. The van der Waals surface area contributed by atoms with Gasteiger partial charge in [-0.1, -0.05) is 42.0 Å². The van der Waals surface area contributed by atoms with Crippen LogP contribution in [0.3, 0.4) is 0 Å². The maximum absolute atomic E-state index is 12.3. The number of benzene rings is 2. The van der Waals surface area contributed by atoms with Gasteiger partial charge in [-0.05, 0) is 44.0 Å². The molecule has 4 nitrogen and oxygen atoms in total. The molecule has 1 unspecified atom stereocenters. The minimum atomic E-state index is -0.689. The average molecular weight is 312 g/mol. The number of aryl methyl sites for hydroxylation is 1. The van der Waals surface area contributed by atoms with Gasteiger partial charge in [0.1, 0.15) is 6.04 Å². The molecule has 0 aromatic heterocycles. The molecule has 0 heterocycles. The number of carbonyl (C=O) groups excluding carboxylic acids is 1. The summed E-state index contributed by atoms with van der Waals surface area (Å²) in [4.78, 5) is 12.3. The summed E-state index contributed by atoms with van der Waals surface area (Å²) in [5.41, 5.74) is 9.71. The van der Waals surface area contributed by atoms with E-state index in [0.29, 0.717) is 6.61 Å². The lowest BCUT2D eigenvalue weighted by Gasteiger charge is -2.14. The van der Waals surface area contributed by atoms with E-state index in [0.717, 1.165) is 22.4 Å². The molecule has 0 saturated carbocycles. The molecule has 4 heteroatoms. The third-order valence-electron chi connectivity index (χ3n) is 3.50. The van der Waals surface area contributed by atoms with E-state index in [2.05, 4.69) is 5.32 Å². The molecule has 0 spiro atoms. The highest BCUT2D eigenvalue weighted by atomic mass is 16.5. The van der Waals surface area contributed by atoms with Gasteiger partial charge < -0.3 is 15.8 Å². The van der Waals surface area contributed by atoms with Crippen molar-refractivity contribution in [1.82, 2.24) is 0 Å². The first-order valence-corrected chi connectivity index (χ1v) is 7.79. The zero-order valence-corrected chi connectivity index (χ0v) is 13.9. The largest absolute Gasteiger partial charge is 0.374 e. The zero-order valence-electron chi connectivity index (χ0n) is 13.9. The highest BCUT2D eigenvalue weighted by Gasteiger charge is 2.15. The van der Waals surface area contributed by atoms with Crippen LogP contribution in [0.25, 0.3) is 0 Å². The molecule has 23 heavy (non-hydrogen) atoms. The van der Waals surface area contributed by atoms with Crippen LogP contribution in [-0.4, -0.2) is 12.0 Å². The summed E-state index contributed by atoms with van der Waals surface area (Å²) in [6.45, 7) is 6.50. The van der Waals surface area contributed by atoms with E-state index in [1.54, 1.807) is 0 Å². The predicted molar refractivity (Wildman–Crippen MR) is 93.1 cm³/mol. The summed E-state index contributed by atoms with van der Waals surface area (Å²) in [5.74, 6) is -0.226. The quantitative estimate of drug-likeness (QED) is 0.857. The Morgan fingerprint density at radius 1 is 1.17 bits per heavy atom. The van der Waals surface area contributed by atoms with E-state index in [1.807, 2.05) is 69.3 Å². The molecule has 1 atom stereocenters. The van der Waals surface area contributed by atoms with Crippen LogP contribution >= 0.6 is 0 Å². The molecule has 1 amide bonds. The van der Waals surface area contributed by atoms with Crippen molar-refractivity contribution in [1.29, 1.82) is 0 Å². The lowest BCUT2D eigenvalue weighted by molar-refractivity contribution is -0.117. The number of carbonyl (C=O) groups is 1. The SMILES string of the molecule is Cc1ccc(C(N)C(=O)Nc2cccc(COC(C)C)c2)cc1. The van der Waals surface area contributed by atoms with Gasteiger partial charge in [-0.3, -0.25) is 4.79 Å². The monoisotopic (exact) mass is 312 g/mol. The van der Waals surface area contributed by atoms with E-state index < -0.39 is 6.04 Å². The van der Waals surface area contributed by atoms with E-state index in [-0.39, 0.29) is 12.0 Å². The Morgan fingerprint density at radius 3 is 2.52 bits per heavy atom. The van der Waals surface area contributed by atoms with E-state index >= 15 is 0 Å². The zero-order chi connectivity index (χ0) is 16.8. The van der Waals surface area contributed by atoms with Crippen molar-refractivity contribution in [2.75, 3.05) is 5.32 Å².